The number of amides is 1. The van der Waals surface area contributed by atoms with Crippen LogP contribution in [0.2, 0.25) is 0 Å². The summed E-state index contributed by atoms with van der Waals surface area (Å²) in [5.74, 6) is 0.558. The standard InChI is InChI=1S/C22H30N2O4S/c1-5-18-8-10-19(11-9-18)17(2)23-22(25)7-6-16-24(29(4,26)27)20-12-14-21(28-3)15-13-20/h8-15,17H,5-7,16H2,1-4H3,(H,23,25)/t17-/m0/s1. The van der Waals surface area contributed by atoms with Crippen molar-refractivity contribution in [1.29, 1.82) is 0 Å². The van der Waals surface area contributed by atoms with Gasteiger partial charge in [0.2, 0.25) is 15.9 Å². The number of aryl methyl sites for hydroxylation is 1. The molecule has 2 aromatic rings. The quantitative estimate of drug-likeness (QED) is 0.639. The maximum absolute atomic E-state index is 12.3. The number of methoxy groups -OCH3 is 1. The summed E-state index contributed by atoms with van der Waals surface area (Å²) in [4.78, 5) is 12.3. The molecule has 0 aliphatic carbocycles. The van der Waals surface area contributed by atoms with Crippen LogP contribution in [-0.2, 0) is 21.2 Å². The monoisotopic (exact) mass is 418 g/mol. The molecule has 0 aliphatic rings. The number of hydrogen-bond acceptors (Lipinski definition) is 4. The summed E-state index contributed by atoms with van der Waals surface area (Å²) in [5.41, 5.74) is 2.86. The van der Waals surface area contributed by atoms with Crippen LogP contribution in [0.4, 0.5) is 5.69 Å². The van der Waals surface area contributed by atoms with E-state index in [1.54, 1.807) is 31.4 Å². The SMILES string of the molecule is CCc1ccc([C@H](C)NC(=O)CCCN(c2ccc(OC)cc2)S(C)(=O)=O)cc1. The third-order valence-electron chi connectivity index (χ3n) is 4.79. The maximum Gasteiger partial charge on any atom is 0.232 e. The normalized spacial score (nSPS) is 12.3. The average molecular weight is 419 g/mol. The van der Waals surface area contributed by atoms with Crippen molar-refractivity contribution < 1.29 is 17.9 Å². The molecule has 2 rings (SSSR count). The highest BCUT2D eigenvalue weighted by Crippen LogP contribution is 2.22. The van der Waals surface area contributed by atoms with Crippen molar-refractivity contribution in [2.75, 3.05) is 24.2 Å². The molecule has 0 saturated carbocycles. The summed E-state index contributed by atoms with van der Waals surface area (Å²) in [7, 11) is -1.89. The van der Waals surface area contributed by atoms with Crippen LogP contribution >= 0.6 is 0 Å². The van der Waals surface area contributed by atoms with E-state index in [4.69, 9.17) is 4.74 Å². The lowest BCUT2D eigenvalue weighted by atomic mass is 10.0. The summed E-state index contributed by atoms with van der Waals surface area (Å²) in [5, 5.41) is 2.98. The van der Waals surface area contributed by atoms with E-state index in [0.717, 1.165) is 12.0 Å². The number of anilines is 1. The largest absolute Gasteiger partial charge is 0.497 e. The first-order chi connectivity index (χ1) is 13.7. The summed E-state index contributed by atoms with van der Waals surface area (Å²) in [6, 6.07) is 14.9. The van der Waals surface area contributed by atoms with Gasteiger partial charge in [0.25, 0.3) is 0 Å². The van der Waals surface area contributed by atoms with E-state index < -0.39 is 10.0 Å². The lowest BCUT2D eigenvalue weighted by Crippen LogP contribution is -2.32. The van der Waals surface area contributed by atoms with Gasteiger partial charge in [-0.15, -0.1) is 0 Å². The molecule has 0 bridgehead atoms. The molecule has 7 heteroatoms. The van der Waals surface area contributed by atoms with E-state index in [1.165, 1.54) is 16.1 Å². The predicted octanol–water partition coefficient (Wildman–Crippen LogP) is 3.68. The highest BCUT2D eigenvalue weighted by atomic mass is 32.2. The Hall–Kier alpha value is -2.54. The Morgan fingerprint density at radius 3 is 2.24 bits per heavy atom. The van der Waals surface area contributed by atoms with E-state index in [0.29, 0.717) is 17.9 Å². The minimum Gasteiger partial charge on any atom is -0.497 e. The van der Waals surface area contributed by atoms with Gasteiger partial charge in [-0.1, -0.05) is 31.2 Å². The highest BCUT2D eigenvalue weighted by Gasteiger charge is 2.18. The Balaban J connectivity index is 1.91. The van der Waals surface area contributed by atoms with Crippen LogP contribution < -0.4 is 14.4 Å². The third-order valence-corrected chi connectivity index (χ3v) is 5.99. The number of nitrogens with zero attached hydrogens (tertiary/aromatic N) is 1. The molecule has 1 atom stereocenters. The predicted molar refractivity (Wildman–Crippen MR) is 117 cm³/mol. The van der Waals surface area contributed by atoms with Crippen molar-refractivity contribution in [3.63, 3.8) is 0 Å². The smallest absolute Gasteiger partial charge is 0.232 e. The molecule has 0 heterocycles. The molecule has 0 spiro atoms. The second kappa shape index (κ2) is 10.3. The minimum atomic E-state index is -3.45. The number of ether oxygens (including phenoxy) is 1. The van der Waals surface area contributed by atoms with Gasteiger partial charge < -0.3 is 10.1 Å². The Kier molecular flexibility index (Phi) is 8.08. The van der Waals surface area contributed by atoms with Gasteiger partial charge >= 0.3 is 0 Å². The number of nitrogens with one attached hydrogen (secondary N) is 1. The van der Waals surface area contributed by atoms with Crippen LogP contribution in [-0.4, -0.2) is 34.2 Å². The van der Waals surface area contributed by atoms with Gasteiger partial charge in [-0.05, 0) is 55.2 Å². The van der Waals surface area contributed by atoms with Gasteiger partial charge in [0.15, 0.2) is 0 Å². The molecule has 0 fully saturated rings. The lowest BCUT2D eigenvalue weighted by Gasteiger charge is -2.22. The van der Waals surface area contributed by atoms with Crippen molar-refractivity contribution in [3.8, 4) is 5.75 Å². The van der Waals surface area contributed by atoms with Gasteiger partial charge in [-0.2, -0.15) is 0 Å². The first-order valence-electron chi connectivity index (χ1n) is 9.74. The van der Waals surface area contributed by atoms with Gasteiger partial charge in [0, 0.05) is 13.0 Å². The van der Waals surface area contributed by atoms with E-state index >= 15 is 0 Å². The number of sulfonamides is 1. The van der Waals surface area contributed by atoms with Crippen molar-refractivity contribution in [2.24, 2.45) is 0 Å². The number of benzene rings is 2. The van der Waals surface area contributed by atoms with Gasteiger partial charge in [0.1, 0.15) is 5.75 Å². The van der Waals surface area contributed by atoms with Crippen molar-refractivity contribution in [2.45, 2.75) is 39.2 Å². The van der Waals surface area contributed by atoms with Gasteiger partial charge in [-0.25, -0.2) is 8.42 Å². The Labute approximate surface area is 173 Å². The maximum atomic E-state index is 12.3. The first kappa shape index (κ1) is 22.7. The van der Waals surface area contributed by atoms with Crippen LogP contribution in [0.25, 0.3) is 0 Å². The zero-order chi connectivity index (χ0) is 21.4. The molecule has 158 valence electrons. The molecule has 6 nitrogen and oxygen atoms in total. The van der Waals surface area contributed by atoms with Crippen molar-refractivity contribution in [1.82, 2.24) is 5.32 Å². The number of carbonyl (C=O) groups excluding carboxylic acids is 1. The highest BCUT2D eigenvalue weighted by molar-refractivity contribution is 7.92. The summed E-state index contributed by atoms with van der Waals surface area (Å²) in [6.45, 7) is 4.28. The van der Waals surface area contributed by atoms with Crippen molar-refractivity contribution in [3.05, 3.63) is 59.7 Å². The molecule has 2 aromatic carbocycles. The van der Waals surface area contributed by atoms with Gasteiger partial charge in [0.05, 0.1) is 25.1 Å². The molecular formula is C22H30N2O4S. The first-order valence-corrected chi connectivity index (χ1v) is 11.6. The summed E-state index contributed by atoms with van der Waals surface area (Å²) >= 11 is 0. The van der Waals surface area contributed by atoms with Crippen molar-refractivity contribution >= 4 is 21.6 Å². The summed E-state index contributed by atoms with van der Waals surface area (Å²) < 4.78 is 30.8. The molecular weight excluding hydrogens is 388 g/mol. The van der Waals surface area contributed by atoms with Crippen LogP contribution in [0.1, 0.15) is 43.9 Å². The van der Waals surface area contributed by atoms with Crippen LogP contribution in [0.15, 0.2) is 48.5 Å². The van der Waals surface area contributed by atoms with E-state index in [2.05, 4.69) is 24.4 Å². The van der Waals surface area contributed by atoms with Crippen LogP contribution in [0, 0.1) is 0 Å². The fraction of sp³-hybridized carbons (Fsp3) is 0.409. The van der Waals surface area contributed by atoms with E-state index in [9.17, 15) is 13.2 Å². The molecule has 0 saturated heterocycles. The third kappa shape index (κ3) is 6.78. The molecule has 0 aromatic heterocycles. The number of hydrogen-bond donors (Lipinski definition) is 1. The molecule has 1 N–H and O–H groups in total. The Morgan fingerprint density at radius 1 is 1.10 bits per heavy atom. The molecule has 29 heavy (non-hydrogen) atoms. The molecule has 0 aliphatic heterocycles. The fourth-order valence-electron chi connectivity index (χ4n) is 3.06. The topological polar surface area (TPSA) is 75.7 Å². The van der Waals surface area contributed by atoms with E-state index in [-0.39, 0.29) is 24.9 Å². The molecule has 0 unspecified atom stereocenters. The second-order valence-electron chi connectivity index (χ2n) is 7.02. The average Bonchev–Trinajstić information content (AvgIpc) is 2.70. The zero-order valence-corrected chi connectivity index (χ0v) is 18.3. The Morgan fingerprint density at radius 2 is 1.72 bits per heavy atom. The van der Waals surface area contributed by atoms with E-state index in [1.807, 2.05) is 19.1 Å². The zero-order valence-electron chi connectivity index (χ0n) is 17.5. The fourth-order valence-corrected chi connectivity index (χ4v) is 4.02. The van der Waals surface area contributed by atoms with Crippen LogP contribution in [0.3, 0.4) is 0 Å². The second-order valence-corrected chi connectivity index (χ2v) is 8.93. The number of carbonyl (C=O) groups is 1. The molecule has 0 radical (unpaired) electrons. The summed E-state index contributed by atoms with van der Waals surface area (Å²) in [6.07, 6.45) is 2.82. The lowest BCUT2D eigenvalue weighted by molar-refractivity contribution is -0.121. The minimum absolute atomic E-state index is 0.0963. The molecule has 1 amide bonds. The number of rotatable bonds is 10. The van der Waals surface area contributed by atoms with Gasteiger partial charge in [-0.3, -0.25) is 9.10 Å². The Bertz CT molecular complexity index is 893. The van der Waals surface area contributed by atoms with Crippen LogP contribution in [0.5, 0.6) is 5.75 Å².